The summed E-state index contributed by atoms with van der Waals surface area (Å²) < 4.78 is 37.6. The van der Waals surface area contributed by atoms with Crippen LogP contribution in [0.2, 0.25) is 0 Å². The molecule has 0 aliphatic carbocycles. The van der Waals surface area contributed by atoms with Gasteiger partial charge in [0.25, 0.3) is 0 Å². The average Bonchev–Trinajstić information content (AvgIpc) is 2.24. The highest BCUT2D eigenvalue weighted by Crippen LogP contribution is 2.33. The van der Waals surface area contributed by atoms with Gasteiger partial charge in [0.05, 0.1) is 5.92 Å². The van der Waals surface area contributed by atoms with Gasteiger partial charge < -0.3 is 10.2 Å². The number of rotatable bonds is 5. The average molecular weight is 238 g/mol. The second kappa shape index (κ2) is 6.45. The van der Waals surface area contributed by atoms with Crippen LogP contribution in [0.3, 0.4) is 0 Å². The van der Waals surface area contributed by atoms with Crippen molar-refractivity contribution in [1.29, 1.82) is 0 Å². The summed E-state index contributed by atoms with van der Waals surface area (Å²) in [7, 11) is 1.89. The van der Waals surface area contributed by atoms with Crippen molar-refractivity contribution in [1.82, 2.24) is 10.2 Å². The molecule has 0 aromatic heterocycles. The molecule has 1 N–H and O–H groups in total. The SMILES string of the molecule is CNCCCCN1CCCC(C(F)(F)F)C1. The zero-order chi connectivity index (χ0) is 12.0. The summed E-state index contributed by atoms with van der Waals surface area (Å²) in [5.41, 5.74) is 0. The molecule has 16 heavy (non-hydrogen) atoms. The van der Waals surface area contributed by atoms with Crippen LogP contribution in [0.15, 0.2) is 0 Å². The number of hydrogen-bond donors (Lipinski definition) is 1. The number of unbranched alkanes of at least 4 members (excludes halogenated alkanes) is 1. The first-order chi connectivity index (χ1) is 7.54. The standard InChI is InChI=1S/C11H21F3N2/c1-15-6-2-3-7-16-8-4-5-10(9-16)11(12,13)14/h10,15H,2-9H2,1H3. The molecule has 1 saturated heterocycles. The molecule has 1 unspecified atom stereocenters. The van der Waals surface area contributed by atoms with Gasteiger partial charge in [-0.2, -0.15) is 13.2 Å². The summed E-state index contributed by atoms with van der Waals surface area (Å²) in [6.45, 7) is 2.76. The smallest absolute Gasteiger partial charge is 0.320 e. The fourth-order valence-corrected chi connectivity index (χ4v) is 2.16. The van der Waals surface area contributed by atoms with E-state index in [1.54, 1.807) is 0 Å². The molecular weight excluding hydrogens is 217 g/mol. The van der Waals surface area contributed by atoms with Crippen LogP contribution >= 0.6 is 0 Å². The molecule has 2 nitrogen and oxygen atoms in total. The Morgan fingerprint density at radius 3 is 2.69 bits per heavy atom. The van der Waals surface area contributed by atoms with Crippen LogP contribution in [-0.4, -0.2) is 44.3 Å². The van der Waals surface area contributed by atoms with Crippen LogP contribution in [0, 0.1) is 5.92 Å². The second-order valence-electron chi connectivity index (χ2n) is 4.49. The van der Waals surface area contributed by atoms with Gasteiger partial charge in [0, 0.05) is 6.54 Å². The van der Waals surface area contributed by atoms with E-state index < -0.39 is 12.1 Å². The first kappa shape index (κ1) is 13.8. The highest BCUT2D eigenvalue weighted by Gasteiger charge is 2.41. The summed E-state index contributed by atoms with van der Waals surface area (Å²) in [5.74, 6) is -1.11. The van der Waals surface area contributed by atoms with Crippen molar-refractivity contribution in [3.63, 3.8) is 0 Å². The van der Waals surface area contributed by atoms with Gasteiger partial charge in [0.1, 0.15) is 0 Å². The molecule has 0 aromatic rings. The zero-order valence-corrected chi connectivity index (χ0v) is 9.82. The van der Waals surface area contributed by atoms with Crippen LogP contribution < -0.4 is 5.32 Å². The van der Waals surface area contributed by atoms with Gasteiger partial charge in [0.2, 0.25) is 0 Å². The van der Waals surface area contributed by atoms with Crippen molar-refractivity contribution in [3.05, 3.63) is 0 Å². The number of hydrogen-bond acceptors (Lipinski definition) is 2. The minimum atomic E-state index is -4.01. The number of nitrogens with zero attached hydrogens (tertiary/aromatic N) is 1. The van der Waals surface area contributed by atoms with E-state index in [0.29, 0.717) is 12.8 Å². The minimum absolute atomic E-state index is 0.197. The molecule has 0 radical (unpaired) electrons. The molecule has 1 heterocycles. The number of likely N-dealkylation sites (tertiary alicyclic amines) is 1. The van der Waals surface area contributed by atoms with Gasteiger partial charge >= 0.3 is 6.18 Å². The molecule has 0 amide bonds. The molecule has 0 bridgehead atoms. The van der Waals surface area contributed by atoms with Crippen molar-refractivity contribution in [3.8, 4) is 0 Å². The monoisotopic (exact) mass is 238 g/mol. The van der Waals surface area contributed by atoms with E-state index >= 15 is 0 Å². The predicted molar refractivity (Wildman–Crippen MR) is 58.4 cm³/mol. The summed E-state index contributed by atoms with van der Waals surface area (Å²) in [4.78, 5) is 1.96. The fraction of sp³-hybridized carbons (Fsp3) is 1.00. The van der Waals surface area contributed by atoms with Crippen LogP contribution in [0.5, 0.6) is 0 Å². The molecule has 96 valence electrons. The third-order valence-electron chi connectivity index (χ3n) is 3.12. The topological polar surface area (TPSA) is 15.3 Å². The molecule has 0 saturated carbocycles. The number of halogens is 3. The third kappa shape index (κ3) is 4.70. The van der Waals surface area contributed by atoms with E-state index in [9.17, 15) is 13.2 Å². The fourth-order valence-electron chi connectivity index (χ4n) is 2.16. The van der Waals surface area contributed by atoms with E-state index in [2.05, 4.69) is 5.32 Å². The van der Waals surface area contributed by atoms with Gasteiger partial charge in [-0.05, 0) is 52.4 Å². The van der Waals surface area contributed by atoms with Gasteiger partial charge in [-0.1, -0.05) is 0 Å². The van der Waals surface area contributed by atoms with Crippen LogP contribution in [-0.2, 0) is 0 Å². The lowest BCUT2D eigenvalue weighted by Gasteiger charge is -2.33. The maximum atomic E-state index is 12.5. The highest BCUT2D eigenvalue weighted by molar-refractivity contribution is 4.77. The molecule has 1 rings (SSSR count). The Hall–Kier alpha value is -0.290. The van der Waals surface area contributed by atoms with E-state index in [1.165, 1.54) is 0 Å². The lowest BCUT2D eigenvalue weighted by molar-refractivity contribution is -0.186. The van der Waals surface area contributed by atoms with Crippen LogP contribution in [0.25, 0.3) is 0 Å². The molecule has 0 spiro atoms. The van der Waals surface area contributed by atoms with Gasteiger partial charge in [-0.25, -0.2) is 0 Å². The lowest BCUT2D eigenvalue weighted by Crippen LogP contribution is -2.42. The van der Waals surface area contributed by atoms with Gasteiger partial charge in [0.15, 0.2) is 0 Å². The summed E-state index contributed by atoms with van der Waals surface area (Å²) in [5, 5.41) is 3.04. The maximum Gasteiger partial charge on any atom is 0.393 e. The Balaban J connectivity index is 2.23. The maximum absolute atomic E-state index is 12.5. The van der Waals surface area contributed by atoms with Gasteiger partial charge in [-0.3, -0.25) is 0 Å². The minimum Gasteiger partial charge on any atom is -0.320 e. The second-order valence-corrected chi connectivity index (χ2v) is 4.49. The van der Waals surface area contributed by atoms with Crippen LogP contribution in [0.1, 0.15) is 25.7 Å². The number of nitrogens with one attached hydrogen (secondary N) is 1. The molecule has 1 fully saturated rings. The van der Waals surface area contributed by atoms with E-state index in [1.807, 2.05) is 11.9 Å². The molecule has 0 aromatic carbocycles. The Bertz CT molecular complexity index is 194. The predicted octanol–water partition coefficient (Wildman–Crippen LogP) is 2.26. The van der Waals surface area contributed by atoms with Crippen molar-refractivity contribution >= 4 is 0 Å². The summed E-state index contributed by atoms with van der Waals surface area (Å²) in [6.07, 6.45) is -1.02. The Morgan fingerprint density at radius 1 is 1.31 bits per heavy atom. The van der Waals surface area contributed by atoms with Crippen molar-refractivity contribution in [2.45, 2.75) is 31.9 Å². The van der Waals surface area contributed by atoms with Crippen molar-refractivity contribution in [2.24, 2.45) is 5.92 Å². The summed E-state index contributed by atoms with van der Waals surface area (Å²) >= 11 is 0. The number of alkyl halides is 3. The quantitative estimate of drug-likeness (QED) is 0.739. The zero-order valence-electron chi connectivity index (χ0n) is 9.82. The van der Waals surface area contributed by atoms with E-state index in [-0.39, 0.29) is 6.54 Å². The molecule has 5 heteroatoms. The highest BCUT2D eigenvalue weighted by atomic mass is 19.4. The lowest BCUT2D eigenvalue weighted by atomic mass is 9.97. The Labute approximate surface area is 95.2 Å². The normalized spacial score (nSPS) is 23.6. The third-order valence-corrected chi connectivity index (χ3v) is 3.12. The molecule has 1 aliphatic heterocycles. The first-order valence-corrected chi connectivity index (χ1v) is 5.97. The number of piperidine rings is 1. The molecule has 1 aliphatic rings. The largest absolute Gasteiger partial charge is 0.393 e. The van der Waals surface area contributed by atoms with Gasteiger partial charge in [-0.15, -0.1) is 0 Å². The first-order valence-electron chi connectivity index (χ1n) is 5.97. The van der Waals surface area contributed by atoms with E-state index in [0.717, 1.165) is 32.5 Å². The van der Waals surface area contributed by atoms with E-state index in [4.69, 9.17) is 0 Å². The van der Waals surface area contributed by atoms with Crippen molar-refractivity contribution < 1.29 is 13.2 Å². The Kier molecular flexibility index (Phi) is 5.55. The molecular formula is C11H21F3N2. The summed E-state index contributed by atoms with van der Waals surface area (Å²) in [6, 6.07) is 0. The van der Waals surface area contributed by atoms with Crippen LogP contribution in [0.4, 0.5) is 13.2 Å². The Morgan fingerprint density at radius 2 is 2.06 bits per heavy atom. The van der Waals surface area contributed by atoms with Crippen molar-refractivity contribution in [2.75, 3.05) is 33.2 Å². The molecule has 1 atom stereocenters.